The summed E-state index contributed by atoms with van der Waals surface area (Å²) in [4.78, 5) is 11.9. The van der Waals surface area contributed by atoms with E-state index < -0.39 is 0 Å². The molecule has 0 bridgehead atoms. The highest BCUT2D eigenvalue weighted by atomic mass is 32.1. The average Bonchev–Trinajstić information content (AvgIpc) is 3.00. The second-order valence-electron chi connectivity index (χ2n) is 5.01. The number of hydrogen-bond acceptors (Lipinski definition) is 4. The summed E-state index contributed by atoms with van der Waals surface area (Å²) in [6, 6.07) is 11.7. The smallest absolute Gasteiger partial charge is 0.339 e. The van der Waals surface area contributed by atoms with Gasteiger partial charge in [0, 0.05) is 17.5 Å². The van der Waals surface area contributed by atoms with Gasteiger partial charge in [0.15, 0.2) is 0 Å². The van der Waals surface area contributed by atoms with Gasteiger partial charge in [-0.1, -0.05) is 18.2 Å². The van der Waals surface area contributed by atoms with Crippen molar-refractivity contribution >= 4 is 22.3 Å². The predicted molar refractivity (Wildman–Crippen MR) is 86.8 cm³/mol. The number of hydrogen-bond donors (Lipinski definition) is 1. The van der Waals surface area contributed by atoms with Gasteiger partial charge < -0.3 is 9.73 Å². The zero-order valence-electron chi connectivity index (χ0n) is 11.7. The van der Waals surface area contributed by atoms with Crippen LogP contribution >= 0.6 is 11.3 Å². The van der Waals surface area contributed by atoms with Crippen molar-refractivity contribution in [2.45, 2.75) is 19.4 Å². The van der Waals surface area contributed by atoms with Gasteiger partial charge in [-0.15, -0.1) is 0 Å². The van der Waals surface area contributed by atoms with E-state index in [2.05, 4.69) is 22.1 Å². The Morgan fingerprint density at radius 1 is 1.19 bits per heavy atom. The van der Waals surface area contributed by atoms with E-state index in [9.17, 15) is 4.79 Å². The van der Waals surface area contributed by atoms with Gasteiger partial charge in [0.05, 0.1) is 0 Å². The minimum absolute atomic E-state index is 0.216. The maximum Gasteiger partial charge on any atom is 0.339 e. The van der Waals surface area contributed by atoms with Gasteiger partial charge in [-0.3, -0.25) is 0 Å². The maximum atomic E-state index is 11.9. The van der Waals surface area contributed by atoms with Crippen molar-refractivity contribution in [3.05, 3.63) is 68.7 Å². The van der Waals surface area contributed by atoms with E-state index in [1.54, 1.807) is 11.3 Å². The first kappa shape index (κ1) is 14.0. The highest BCUT2D eigenvalue weighted by Gasteiger charge is 2.04. The minimum atomic E-state index is -0.216. The van der Waals surface area contributed by atoms with Crippen LogP contribution in [0.15, 0.2) is 56.4 Å². The first-order valence-electron chi connectivity index (χ1n) is 7.06. The Kier molecular flexibility index (Phi) is 4.48. The molecule has 2 aromatic heterocycles. The molecule has 0 fully saturated rings. The molecule has 0 aliphatic heterocycles. The van der Waals surface area contributed by atoms with Gasteiger partial charge in [0.25, 0.3) is 0 Å². The van der Waals surface area contributed by atoms with Crippen molar-refractivity contribution in [2.24, 2.45) is 0 Å². The standard InChI is InChI=1S/C17H17NO2S/c19-17-15(10-14-4-1-2-6-16(14)20-17)5-3-8-18-11-13-7-9-21-12-13/h1-2,4,6-7,9-10,12,18H,3,5,8,11H2. The molecule has 2 heterocycles. The van der Waals surface area contributed by atoms with Crippen molar-refractivity contribution in [1.29, 1.82) is 0 Å². The van der Waals surface area contributed by atoms with Crippen molar-refractivity contribution in [2.75, 3.05) is 6.54 Å². The lowest BCUT2D eigenvalue weighted by Gasteiger charge is -2.04. The molecule has 3 nitrogen and oxygen atoms in total. The maximum absolute atomic E-state index is 11.9. The monoisotopic (exact) mass is 299 g/mol. The first-order chi connectivity index (χ1) is 10.3. The summed E-state index contributed by atoms with van der Waals surface area (Å²) in [6.45, 7) is 1.78. The molecular weight excluding hydrogens is 282 g/mol. The topological polar surface area (TPSA) is 42.2 Å². The Labute approximate surface area is 127 Å². The van der Waals surface area contributed by atoms with Gasteiger partial charge in [-0.25, -0.2) is 4.79 Å². The predicted octanol–water partition coefficient (Wildman–Crippen LogP) is 3.58. The summed E-state index contributed by atoms with van der Waals surface area (Å²) < 4.78 is 5.33. The third-order valence-corrected chi connectivity index (χ3v) is 4.15. The normalized spacial score (nSPS) is 11.0. The van der Waals surface area contributed by atoms with Crippen molar-refractivity contribution in [3.63, 3.8) is 0 Å². The molecule has 4 heteroatoms. The molecular formula is C17H17NO2S. The molecule has 0 amide bonds. The Morgan fingerprint density at radius 2 is 2.10 bits per heavy atom. The SMILES string of the molecule is O=c1oc2ccccc2cc1CCCNCc1ccsc1. The molecule has 0 saturated heterocycles. The zero-order valence-corrected chi connectivity index (χ0v) is 12.5. The van der Waals surface area contributed by atoms with Crippen LogP contribution in [0, 0.1) is 0 Å². The molecule has 0 unspecified atom stereocenters. The molecule has 0 radical (unpaired) electrons. The van der Waals surface area contributed by atoms with E-state index >= 15 is 0 Å². The zero-order chi connectivity index (χ0) is 14.5. The number of fused-ring (bicyclic) bond motifs is 1. The van der Waals surface area contributed by atoms with Crippen LogP contribution in [0.2, 0.25) is 0 Å². The third-order valence-electron chi connectivity index (χ3n) is 3.42. The highest BCUT2D eigenvalue weighted by molar-refractivity contribution is 7.07. The summed E-state index contributed by atoms with van der Waals surface area (Å²) >= 11 is 1.71. The van der Waals surface area contributed by atoms with E-state index in [0.717, 1.165) is 36.9 Å². The van der Waals surface area contributed by atoms with Crippen LogP contribution in [0.25, 0.3) is 11.0 Å². The van der Waals surface area contributed by atoms with E-state index in [-0.39, 0.29) is 5.63 Å². The Hall–Kier alpha value is -1.91. The fourth-order valence-corrected chi connectivity index (χ4v) is 2.98. The largest absolute Gasteiger partial charge is 0.423 e. The van der Waals surface area contributed by atoms with E-state index in [0.29, 0.717) is 5.58 Å². The van der Waals surface area contributed by atoms with E-state index in [1.165, 1.54) is 5.56 Å². The van der Waals surface area contributed by atoms with Gasteiger partial charge >= 0.3 is 5.63 Å². The van der Waals surface area contributed by atoms with Crippen molar-refractivity contribution in [3.8, 4) is 0 Å². The lowest BCUT2D eigenvalue weighted by atomic mass is 10.1. The number of aryl methyl sites for hydroxylation is 1. The fraction of sp³-hybridized carbons (Fsp3) is 0.235. The molecule has 3 aromatic rings. The van der Waals surface area contributed by atoms with Crippen LogP contribution in [0.5, 0.6) is 0 Å². The van der Waals surface area contributed by atoms with Gasteiger partial charge in [0.1, 0.15) is 5.58 Å². The van der Waals surface area contributed by atoms with Gasteiger partial charge in [-0.2, -0.15) is 11.3 Å². The molecule has 1 N–H and O–H groups in total. The van der Waals surface area contributed by atoms with E-state index in [1.807, 2.05) is 30.3 Å². The number of rotatable bonds is 6. The summed E-state index contributed by atoms with van der Waals surface area (Å²) in [5.74, 6) is 0. The van der Waals surface area contributed by atoms with Crippen molar-refractivity contribution < 1.29 is 4.42 Å². The Bertz CT molecular complexity index is 762. The lowest BCUT2D eigenvalue weighted by Crippen LogP contribution is -2.16. The number of benzene rings is 1. The van der Waals surface area contributed by atoms with Crippen LogP contribution in [-0.4, -0.2) is 6.54 Å². The summed E-state index contributed by atoms with van der Waals surface area (Å²) in [5, 5.41) is 8.60. The lowest BCUT2D eigenvalue weighted by molar-refractivity contribution is 0.545. The molecule has 0 atom stereocenters. The minimum Gasteiger partial charge on any atom is -0.423 e. The Balaban J connectivity index is 1.55. The highest BCUT2D eigenvalue weighted by Crippen LogP contribution is 2.13. The first-order valence-corrected chi connectivity index (χ1v) is 8.01. The third kappa shape index (κ3) is 3.60. The van der Waals surface area contributed by atoms with Crippen LogP contribution in [-0.2, 0) is 13.0 Å². The number of thiophene rings is 1. The summed E-state index contributed by atoms with van der Waals surface area (Å²) in [7, 11) is 0. The van der Waals surface area contributed by atoms with Gasteiger partial charge in [0.2, 0.25) is 0 Å². The summed E-state index contributed by atoms with van der Waals surface area (Å²) in [6.07, 6.45) is 1.66. The Morgan fingerprint density at radius 3 is 2.95 bits per heavy atom. The van der Waals surface area contributed by atoms with Gasteiger partial charge in [-0.05, 0) is 53.9 Å². The van der Waals surface area contributed by atoms with Crippen LogP contribution in [0.1, 0.15) is 17.5 Å². The second kappa shape index (κ2) is 6.70. The quantitative estimate of drug-likeness (QED) is 0.559. The fourth-order valence-electron chi connectivity index (χ4n) is 2.31. The molecule has 0 aliphatic carbocycles. The molecule has 0 spiro atoms. The van der Waals surface area contributed by atoms with E-state index in [4.69, 9.17) is 4.42 Å². The number of nitrogens with one attached hydrogen (secondary N) is 1. The molecule has 108 valence electrons. The molecule has 21 heavy (non-hydrogen) atoms. The average molecular weight is 299 g/mol. The molecule has 1 aromatic carbocycles. The van der Waals surface area contributed by atoms with Crippen LogP contribution in [0.3, 0.4) is 0 Å². The number of para-hydroxylation sites is 1. The molecule has 0 aliphatic rings. The van der Waals surface area contributed by atoms with Crippen molar-refractivity contribution in [1.82, 2.24) is 5.32 Å². The van der Waals surface area contributed by atoms with Crippen LogP contribution in [0.4, 0.5) is 0 Å². The molecule has 3 rings (SSSR count). The summed E-state index contributed by atoms with van der Waals surface area (Å²) in [5.41, 5.74) is 2.50. The second-order valence-corrected chi connectivity index (χ2v) is 5.79. The van der Waals surface area contributed by atoms with Crippen LogP contribution < -0.4 is 10.9 Å². The molecule has 0 saturated carbocycles.